The van der Waals surface area contributed by atoms with Gasteiger partial charge in [0.2, 0.25) is 0 Å². The van der Waals surface area contributed by atoms with Gasteiger partial charge in [0.15, 0.2) is 11.5 Å². The van der Waals surface area contributed by atoms with Gasteiger partial charge in [0.05, 0.1) is 49.8 Å². The zero-order chi connectivity index (χ0) is 32.4. The molecule has 1 saturated carbocycles. The summed E-state index contributed by atoms with van der Waals surface area (Å²) in [7, 11) is 2.46. The number of hydrogen-bond acceptors (Lipinski definition) is 6. The van der Waals surface area contributed by atoms with Gasteiger partial charge < -0.3 is 18.9 Å². The number of halogens is 6. The molecule has 1 heterocycles. The van der Waals surface area contributed by atoms with E-state index < -0.39 is 59.9 Å². The molecule has 2 aliphatic rings. The Labute approximate surface area is 250 Å². The van der Waals surface area contributed by atoms with Gasteiger partial charge in [-0.1, -0.05) is 0 Å². The average Bonchev–Trinajstić information content (AvgIpc) is 3.47. The van der Waals surface area contributed by atoms with Gasteiger partial charge in [0.1, 0.15) is 0 Å². The van der Waals surface area contributed by atoms with Crippen molar-refractivity contribution in [2.24, 2.45) is 0 Å². The quantitative estimate of drug-likeness (QED) is 0.287. The van der Waals surface area contributed by atoms with Gasteiger partial charge in [-0.15, -0.1) is 0 Å². The number of anilines is 1. The highest BCUT2D eigenvalue weighted by atomic mass is 19.4. The molecule has 0 spiro atoms. The fourth-order valence-electron chi connectivity index (χ4n) is 5.76. The summed E-state index contributed by atoms with van der Waals surface area (Å²) in [5.41, 5.74) is -2.77. The summed E-state index contributed by atoms with van der Waals surface area (Å²) in [4.78, 5) is 28.7. The lowest BCUT2D eigenvalue weighted by atomic mass is 9.90. The molecule has 0 aromatic heterocycles. The number of alkyl halides is 6. The lowest BCUT2D eigenvalue weighted by molar-refractivity contribution is -0.143. The van der Waals surface area contributed by atoms with Crippen LogP contribution in [0.3, 0.4) is 0 Å². The first-order valence-electron chi connectivity index (χ1n) is 14.1. The summed E-state index contributed by atoms with van der Waals surface area (Å²) in [6.07, 6.45) is -8.19. The van der Waals surface area contributed by atoms with Crippen LogP contribution in [0.15, 0.2) is 30.3 Å². The summed E-state index contributed by atoms with van der Waals surface area (Å²) in [6.45, 7) is 2.75. The number of benzene rings is 2. The van der Waals surface area contributed by atoms with Crippen molar-refractivity contribution in [2.45, 2.75) is 83.0 Å². The van der Waals surface area contributed by atoms with Gasteiger partial charge >= 0.3 is 24.5 Å². The fraction of sp³-hybridized carbons (Fsp3) is 0.533. The van der Waals surface area contributed by atoms with E-state index in [-0.39, 0.29) is 30.9 Å². The normalized spacial score (nSPS) is 18.9. The highest BCUT2D eigenvalue weighted by molar-refractivity contribution is 5.91. The Morgan fingerprint density at radius 3 is 2.07 bits per heavy atom. The molecule has 0 saturated heterocycles. The number of methoxy groups -OCH3 is 2. The Morgan fingerprint density at radius 2 is 1.55 bits per heavy atom. The molecular weight excluding hydrogens is 598 g/mol. The molecule has 0 N–H and O–H groups in total. The van der Waals surface area contributed by atoms with Gasteiger partial charge in [-0.25, -0.2) is 9.59 Å². The van der Waals surface area contributed by atoms with Crippen LogP contribution >= 0.6 is 0 Å². The van der Waals surface area contributed by atoms with Crippen LogP contribution in [-0.2, 0) is 28.4 Å². The molecule has 242 valence electrons. The molecule has 8 nitrogen and oxygen atoms in total. The zero-order valence-electron chi connectivity index (χ0n) is 24.7. The van der Waals surface area contributed by atoms with Crippen molar-refractivity contribution >= 4 is 17.9 Å². The van der Waals surface area contributed by atoms with Gasteiger partial charge in [-0.05, 0) is 75.8 Å². The predicted molar refractivity (Wildman–Crippen MR) is 147 cm³/mol. The minimum atomic E-state index is -5.07. The summed E-state index contributed by atoms with van der Waals surface area (Å²) in [6, 6.07) is 2.76. The van der Waals surface area contributed by atoms with E-state index in [1.807, 2.05) is 0 Å². The summed E-state index contributed by atoms with van der Waals surface area (Å²) in [5, 5.41) is 0. The molecule has 2 atom stereocenters. The zero-order valence-corrected chi connectivity index (χ0v) is 24.7. The van der Waals surface area contributed by atoms with Crippen LogP contribution in [0.25, 0.3) is 0 Å². The molecule has 4 rings (SSSR count). The third-order valence-electron chi connectivity index (χ3n) is 7.78. The molecular formula is C30H34F6N2O6. The Kier molecular flexibility index (Phi) is 9.79. The van der Waals surface area contributed by atoms with Crippen molar-refractivity contribution in [3.05, 3.63) is 52.6 Å². The third-order valence-corrected chi connectivity index (χ3v) is 7.78. The van der Waals surface area contributed by atoms with Gasteiger partial charge in [0, 0.05) is 24.2 Å². The Balaban J connectivity index is 1.85. The Morgan fingerprint density at radius 1 is 0.932 bits per heavy atom. The Hall–Kier alpha value is -3.84. The minimum Gasteiger partial charge on any atom is -0.493 e. The molecule has 1 aliphatic heterocycles. The number of rotatable bonds is 7. The van der Waals surface area contributed by atoms with Crippen molar-refractivity contribution in [1.29, 1.82) is 0 Å². The second-order valence-electron chi connectivity index (χ2n) is 10.8. The van der Waals surface area contributed by atoms with Crippen LogP contribution in [0, 0.1) is 0 Å². The highest BCUT2D eigenvalue weighted by Gasteiger charge is 2.42. The summed E-state index contributed by atoms with van der Waals surface area (Å²) < 4.78 is 104. The number of carbonyl (C=O) groups is 2. The topological polar surface area (TPSA) is 77.5 Å². The van der Waals surface area contributed by atoms with Crippen LogP contribution in [0.2, 0.25) is 0 Å². The first-order chi connectivity index (χ1) is 20.7. The molecule has 1 aliphatic carbocycles. The van der Waals surface area contributed by atoms with Crippen LogP contribution in [0.1, 0.15) is 74.2 Å². The maximum Gasteiger partial charge on any atom is 0.416 e. The number of carbonyl (C=O) groups excluding carboxylic acids is 2. The maximum absolute atomic E-state index is 13.6. The molecule has 2 amide bonds. The van der Waals surface area contributed by atoms with Crippen LogP contribution in [0.4, 0.5) is 41.6 Å². The molecule has 0 radical (unpaired) electrons. The summed E-state index contributed by atoms with van der Waals surface area (Å²) >= 11 is 0. The Bertz CT molecular complexity index is 1330. The number of ether oxygens (including phenoxy) is 4. The SMILES string of the molecule is CCOC(=O)N1c2cc(OC3CCCC3)c(OC)cc2[C@H](N(Cc2cc(C(F)(F)F)cc(C(F)(F)F)c2)C(=O)OC)C[C@@H]1C. The van der Waals surface area contributed by atoms with Crippen LogP contribution in [0.5, 0.6) is 11.5 Å². The lowest BCUT2D eigenvalue weighted by Crippen LogP contribution is -2.47. The second kappa shape index (κ2) is 13.0. The van der Waals surface area contributed by atoms with E-state index in [9.17, 15) is 35.9 Å². The molecule has 0 unspecified atom stereocenters. The van der Waals surface area contributed by atoms with Crippen molar-refractivity contribution in [1.82, 2.24) is 4.90 Å². The number of nitrogens with zero attached hydrogens (tertiary/aromatic N) is 2. The average molecular weight is 633 g/mol. The van der Waals surface area contributed by atoms with Crippen LogP contribution < -0.4 is 14.4 Å². The molecule has 1 fully saturated rings. The van der Waals surface area contributed by atoms with E-state index in [0.717, 1.165) is 37.7 Å². The number of fused-ring (bicyclic) bond motifs is 1. The highest BCUT2D eigenvalue weighted by Crippen LogP contribution is 2.47. The molecule has 2 aromatic rings. The fourth-order valence-corrected chi connectivity index (χ4v) is 5.76. The maximum atomic E-state index is 13.6. The van der Waals surface area contributed by atoms with E-state index in [4.69, 9.17) is 18.9 Å². The predicted octanol–water partition coefficient (Wildman–Crippen LogP) is 8.12. The first kappa shape index (κ1) is 33.1. The number of hydrogen-bond donors (Lipinski definition) is 0. The largest absolute Gasteiger partial charge is 0.493 e. The number of amides is 2. The minimum absolute atomic E-state index is 0.0257. The monoisotopic (exact) mass is 632 g/mol. The first-order valence-corrected chi connectivity index (χ1v) is 14.1. The molecule has 14 heteroatoms. The third kappa shape index (κ3) is 7.10. The van der Waals surface area contributed by atoms with Crippen molar-refractivity contribution in [3.63, 3.8) is 0 Å². The van der Waals surface area contributed by atoms with E-state index in [2.05, 4.69) is 0 Å². The van der Waals surface area contributed by atoms with Crippen molar-refractivity contribution in [3.8, 4) is 11.5 Å². The van der Waals surface area contributed by atoms with E-state index >= 15 is 0 Å². The van der Waals surface area contributed by atoms with Crippen LogP contribution in [-0.4, -0.2) is 50.1 Å². The van der Waals surface area contributed by atoms with E-state index in [1.54, 1.807) is 26.0 Å². The summed E-state index contributed by atoms with van der Waals surface area (Å²) in [5.74, 6) is 0.625. The second-order valence-corrected chi connectivity index (χ2v) is 10.8. The molecule has 44 heavy (non-hydrogen) atoms. The lowest BCUT2D eigenvalue weighted by Gasteiger charge is -2.42. The van der Waals surface area contributed by atoms with Gasteiger partial charge in [-0.3, -0.25) is 9.80 Å². The van der Waals surface area contributed by atoms with Gasteiger partial charge in [0.25, 0.3) is 0 Å². The van der Waals surface area contributed by atoms with Gasteiger partial charge in [-0.2, -0.15) is 26.3 Å². The molecule has 2 aromatic carbocycles. The van der Waals surface area contributed by atoms with Crippen molar-refractivity contribution < 1.29 is 54.9 Å². The van der Waals surface area contributed by atoms with E-state index in [1.165, 1.54) is 12.0 Å². The van der Waals surface area contributed by atoms with Crippen molar-refractivity contribution in [2.75, 3.05) is 25.7 Å². The smallest absolute Gasteiger partial charge is 0.416 e. The standard InChI is InChI=1S/C30H34F6N2O6/c1-5-43-28(40)38-17(2)10-23(22-14-25(41-3)26(15-24(22)38)44-21-8-6-7-9-21)37(27(39)42-4)16-18-11-19(29(31,32)33)13-20(12-18)30(34,35)36/h11-15,17,21,23H,5-10,16H2,1-4H3/t17-,23+/m0/s1. The molecule has 0 bridgehead atoms. The van der Waals surface area contributed by atoms with E-state index in [0.29, 0.717) is 29.1 Å².